The van der Waals surface area contributed by atoms with Crippen LogP contribution in [0.2, 0.25) is 0 Å². The molecule has 0 amide bonds. The maximum atomic E-state index is 9.56. The van der Waals surface area contributed by atoms with Gasteiger partial charge in [-0.15, -0.1) is 0 Å². The van der Waals surface area contributed by atoms with Crippen LogP contribution < -0.4 is 5.32 Å². The molecule has 3 nitrogen and oxygen atoms in total. The van der Waals surface area contributed by atoms with E-state index in [1.165, 1.54) is 12.8 Å². The standard InChI is InChI=1S/C12H13NO2/c14-11-3-1-2-8-6-10(15-12(8)11)7-13-9-4-5-9/h1-3,6,9,13-14H,4-5,7H2. The van der Waals surface area contributed by atoms with E-state index in [-0.39, 0.29) is 5.75 Å². The minimum absolute atomic E-state index is 0.213. The van der Waals surface area contributed by atoms with Crippen LogP contribution in [0.5, 0.6) is 5.75 Å². The van der Waals surface area contributed by atoms with Gasteiger partial charge in [0.1, 0.15) is 5.76 Å². The molecule has 1 aromatic heterocycles. The van der Waals surface area contributed by atoms with E-state index in [0.717, 1.165) is 17.7 Å². The summed E-state index contributed by atoms with van der Waals surface area (Å²) in [6.45, 7) is 0.749. The lowest BCUT2D eigenvalue weighted by Crippen LogP contribution is -2.14. The first kappa shape index (κ1) is 8.80. The third-order valence-corrected chi connectivity index (χ3v) is 2.72. The Bertz CT molecular complexity index is 485. The van der Waals surface area contributed by atoms with Gasteiger partial charge in [-0.25, -0.2) is 0 Å². The molecule has 0 radical (unpaired) electrons. The van der Waals surface area contributed by atoms with Crippen molar-refractivity contribution in [3.8, 4) is 5.75 Å². The van der Waals surface area contributed by atoms with Crippen molar-refractivity contribution in [3.63, 3.8) is 0 Å². The van der Waals surface area contributed by atoms with Crippen molar-refractivity contribution < 1.29 is 9.52 Å². The molecule has 2 aromatic rings. The number of fused-ring (bicyclic) bond motifs is 1. The Morgan fingerprint density at radius 2 is 2.27 bits per heavy atom. The van der Waals surface area contributed by atoms with Crippen molar-refractivity contribution in [2.75, 3.05) is 0 Å². The third kappa shape index (κ3) is 1.70. The predicted octanol–water partition coefficient (Wildman–Crippen LogP) is 2.39. The molecule has 1 saturated carbocycles. The van der Waals surface area contributed by atoms with Gasteiger partial charge < -0.3 is 14.8 Å². The van der Waals surface area contributed by atoms with Gasteiger partial charge in [0.25, 0.3) is 0 Å². The maximum absolute atomic E-state index is 9.56. The molecule has 0 aliphatic heterocycles. The van der Waals surface area contributed by atoms with Crippen LogP contribution in [0.1, 0.15) is 18.6 Å². The maximum Gasteiger partial charge on any atom is 0.175 e. The highest BCUT2D eigenvalue weighted by molar-refractivity contribution is 5.83. The lowest BCUT2D eigenvalue weighted by atomic mass is 10.2. The first-order valence-corrected chi connectivity index (χ1v) is 5.27. The first-order chi connectivity index (χ1) is 7.33. The van der Waals surface area contributed by atoms with Crippen LogP contribution in [0.3, 0.4) is 0 Å². The average molecular weight is 203 g/mol. The van der Waals surface area contributed by atoms with Crippen LogP contribution in [-0.4, -0.2) is 11.1 Å². The third-order valence-electron chi connectivity index (χ3n) is 2.72. The minimum Gasteiger partial charge on any atom is -0.504 e. The number of benzene rings is 1. The number of furan rings is 1. The second kappa shape index (κ2) is 3.28. The molecule has 78 valence electrons. The molecule has 15 heavy (non-hydrogen) atoms. The molecule has 3 rings (SSSR count). The van der Waals surface area contributed by atoms with Gasteiger partial charge in [0.05, 0.1) is 6.54 Å². The number of aromatic hydroxyl groups is 1. The molecule has 1 fully saturated rings. The molecule has 0 bridgehead atoms. The van der Waals surface area contributed by atoms with Crippen molar-refractivity contribution in [1.82, 2.24) is 5.32 Å². The van der Waals surface area contributed by atoms with E-state index in [4.69, 9.17) is 4.42 Å². The van der Waals surface area contributed by atoms with Gasteiger partial charge in [0.15, 0.2) is 11.3 Å². The van der Waals surface area contributed by atoms with Crippen LogP contribution in [0.4, 0.5) is 0 Å². The first-order valence-electron chi connectivity index (χ1n) is 5.27. The van der Waals surface area contributed by atoms with Gasteiger partial charge in [0, 0.05) is 11.4 Å². The molecule has 0 spiro atoms. The Hall–Kier alpha value is -1.48. The molecule has 0 atom stereocenters. The highest BCUT2D eigenvalue weighted by Gasteiger charge is 2.20. The van der Waals surface area contributed by atoms with Crippen molar-refractivity contribution >= 4 is 11.0 Å². The van der Waals surface area contributed by atoms with Gasteiger partial charge in [-0.3, -0.25) is 0 Å². The van der Waals surface area contributed by atoms with Gasteiger partial charge in [-0.05, 0) is 25.0 Å². The normalized spacial score (nSPS) is 16.0. The van der Waals surface area contributed by atoms with E-state index >= 15 is 0 Å². The van der Waals surface area contributed by atoms with Crippen LogP contribution >= 0.6 is 0 Å². The molecular formula is C12H13NO2. The fourth-order valence-corrected chi connectivity index (χ4v) is 1.72. The van der Waals surface area contributed by atoms with E-state index < -0.39 is 0 Å². The zero-order chi connectivity index (χ0) is 10.3. The Kier molecular flexibility index (Phi) is 1.92. The van der Waals surface area contributed by atoms with Gasteiger partial charge in [-0.2, -0.15) is 0 Å². The largest absolute Gasteiger partial charge is 0.504 e. The summed E-state index contributed by atoms with van der Waals surface area (Å²) in [6, 6.07) is 8.06. The van der Waals surface area contributed by atoms with Crippen molar-refractivity contribution in [1.29, 1.82) is 0 Å². The Labute approximate surface area is 87.7 Å². The van der Waals surface area contributed by atoms with E-state index in [0.29, 0.717) is 11.6 Å². The van der Waals surface area contributed by atoms with E-state index in [1.807, 2.05) is 18.2 Å². The SMILES string of the molecule is Oc1cccc2cc(CNC3CC3)oc12. The highest BCUT2D eigenvalue weighted by Crippen LogP contribution is 2.28. The minimum atomic E-state index is 0.213. The number of rotatable bonds is 3. The smallest absolute Gasteiger partial charge is 0.175 e. The quantitative estimate of drug-likeness (QED) is 0.805. The average Bonchev–Trinajstić information content (AvgIpc) is 2.95. The van der Waals surface area contributed by atoms with Gasteiger partial charge in [-0.1, -0.05) is 12.1 Å². The van der Waals surface area contributed by atoms with Crippen LogP contribution in [-0.2, 0) is 6.54 Å². The number of nitrogens with one attached hydrogen (secondary N) is 1. The lowest BCUT2D eigenvalue weighted by Gasteiger charge is -1.97. The second-order valence-electron chi connectivity index (χ2n) is 4.06. The van der Waals surface area contributed by atoms with Crippen LogP contribution in [0.15, 0.2) is 28.7 Å². The van der Waals surface area contributed by atoms with Crippen molar-refractivity contribution in [2.24, 2.45) is 0 Å². The van der Waals surface area contributed by atoms with Crippen molar-refractivity contribution in [3.05, 3.63) is 30.0 Å². The lowest BCUT2D eigenvalue weighted by molar-refractivity contribution is 0.452. The van der Waals surface area contributed by atoms with Gasteiger partial charge >= 0.3 is 0 Å². The topological polar surface area (TPSA) is 45.4 Å². The number of phenolic OH excluding ortho intramolecular Hbond substituents is 1. The second-order valence-corrected chi connectivity index (χ2v) is 4.06. The fourth-order valence-electron chi connectivity index (χ4n) is 1.72. The molecule has 0 unspecified atom stereocenters. The van der Waals surface area contributed by atoms with Gasteiger partial charge in [0.2, 0.25) is 0 Å². The number of hydrogen-bond acceptors (Lipinski definition) is 3. The van der Waals surface area contributed by atoms with E-state index in [1.54, 1.807) is 6.07 Å². The Morgan fingerprint density at radius 3 is 3.00 bits per heavy atom. The number of phenols is 1. The van der Waals surface area contributed by atoms with E-state index in [2.05, 4.69) is 5.32 Å². The molecular weight excluding hydrogens is 190 g/mol. The zero-order valence-electron chi connectivity index (χ0n) is 8.36. The summed E-state index contributed by atoms with van der Waals surface area (Å²) in [5.74, 6) is 1.10. The number of hydrogen-bond donors (Lipinski definition) is 2. The summed E-state index contributed by atoms with van der Waals surface area (Å²) in [5.41, 5.74) is 0.588. The highest BCUT2D eigenvalue weighted by atomic mass is 16.4. The summed E-state index contributed by atoms with van der Waals surface area (Å²) in [5, 5.41) is 13.9. The van der Waals surface area contributed by atoms with Crippen molar-refractivity contribution in [2.45, 2.75) is 25.4 Å². The molecule has 1 heterocycles. The zero-order valence-corrected chi connectivity index (χ0v) is 8.36. The summed E-state index contributed by atoms with van der Waals surface area (Å²) >= 11 is 0. The number of para-hydroxylation sites is 1. The summed E-state index contributed by atoms with van der Waals surface area (Å²) in [6.07, 6.45) is 2.54. The molecule has 1 aliphatic carbocycles. The van der Waals surface area contributed by atoms with E-state index in [9.17, 15) is 5.11 Å². The Balaban J connectivity index is 1.88. The molecule has 1 aliphatic rings. The molecule has 0 saturated heterocycles. The Morgan fingerprint density at radius 1 is 1.40 bits per heavy atom. The molecule has 2 N–H and O–H groups in total. The predicted molar refractivity (Wildman–Crippen MR) is 57.7 cm³/mol. The monoisotopic (exact) mass is 203 g/mol. The summed E-state index contributed by atoms with van der Waals surface area (Å²) < 4.78 is 5.56. The van der Waals surface area contributed by atoms with Crippen LogP contribution in [0, 0.1) is 0 Å². The van der Waals surface area contributed by atoms with Crippen LogP contribution in [0.25, 0.3) is 11.0 Å². The summed E-state index contributed by atoms with van der Waals surface area (Å²) in [4.78, 5) is 0. The molecule has 1 aromatic carbocycles. The molecule has 3 heteroatoms. The fraction of sp³-hybridized carbons (Fsp3) is 0.333. The summed E-state index contributed by atoms with van der Waals surface area (Å²) in [7, 11) is 0.